The van der Waals surface area contributed by atoms with Crippen molar-refractivity contribution in [3.8, 4) is 0 Å². The first-order valence-electron chi connectivity index (χ1n) is 5.67. The number of hydrogen-bond acceptors (Lipinski definition) is 2. The predicted molar refractivity (Wildman–Crippen MR) is 75.1 cm³/mol. The van der Waals surface area contributed by atoms with Crippen LogP contribution in [0.2, 0.25) is 10.0 Å². The zero-order valence-corrected chi connectivity index (χ0v) is 12.0. The van der Waals surface area contributed by atoms with Gasteiger partial charge in [0.25, 0.3) is 0 Å². The molecule has 0 aliphatic rings. The second-order valence-corrected chi connectivity index (χ2v) is 5.08. The second kappa shape index (κ2) is 6.26. The summed E-state index contributed by atoms with van der Waals surface area (Å²) in [5.41, 5.74) is 0.160. The Morgan fingerprint density at radius 2 is 2.11 bits per heavy atom. The van der Waals surface area contributed by atoms with Gasteiger partial charge in [0.1, 0.15) is 0 Å². The van der Waals surface area contributed by atoms with E-state index in [1.54, 1.807) is 32.1 Å². The summed E-state index contributed by atoms with van der Waals surface area (Å²) < 4.78 is 5.05. The highest BCUT2D eigenvalue weighted by Gasteiger charge is 2.31. The number of hydrogen-bond donors (Lipinski definition) is 0. The molecule has 0 fully saturated rings. The molecule has 2 nitrogen and oxygen atoms in total. The van der Waals surface area contributed by atoms with E-state index < -0.39 is 5.41 Å². The maximum atomic E-state index is 11.9. The van der Waals surface area contributed by atoms with Gasteiger partial charge in [-0.25, -0.2) is 0 Å². The topological polar surface area (TPSA) is 26.3 Å². The van der Waals surface area contributed by atoms with Crippen LogP contribution in [-0.2, 0) is 16.0 Å². The lowest BCUT2D eigenvalue weighted by Gasteiger charge is -2.23. The molecule has 0 amide bonds. The molecule has 1 rings (SSSR count). The van der Waals surface area contributed by atoms with E-state index in [0.717, 1.165) is 5.56 Å². The number of carbonyl (C=O) groups is 1. The first-order chi connectivity index (χ1) is 8.42. The average molecular weight is 287 g/mol. The zero-order chi connectivity index (χ0) is 13.8. The van der Waals surface area contributed by atoms with Crippen LogP contribution in [0.5, 0.6) is 0 Å². The summed E-state index contributed by atoms with van der Waals surface area (Å²) >= 11 is 11.8. The fourth-order valence-corrected chi connectivity index (χ4v) is 1.92. The SMILES string of the molecule is C=CC(C)(Cc1ccc(Cl)c(Cl)c1)C(=O)OCC. The highest BCUT2D eigenvalue weighted by Crippen LogP contribution is 2.29. The Morgan fingerprint density at radius 3 is 2.61 bits per heavy atom. The molecular weight excluding hydrogens is 271 g/mol. The molecule has 1 aromatic rings. The quantitative estimate of drug-likeness (QED) is 0.596. The second-order valence-electron chi connectivity index (χ2n) is 4.27. The minimum absolute atomic E-state index is 0.286. The molecule has 1 atom stereocenters. The molecular formula is C14H16Cl2O2. The van der Waals surface area contributed by atoms with E-state index in [9.17, 15) is 4.79 Å². The van der Waals surface area contributed by atoms with Crippen molar-refractivity contribution in [3.05, 3.63) is 46.5 Å². The van der Waals surface area contributed by atoms with Gasteiger partial charge in [-0.1, -0.05) is 35.3 Å². The van der Waals surface area contributed by atoms with Crippen LogP contribution in [0.25, 0.3) is 0 Å². The third kappa shape index (κ3) is 3.50. The molecule has 0 aliphatic carbocycles. The first kappa shape index (κ1) is 15.1. The molecule has 4 heteroatoms. The van der Waals surface area contributed by atoms with Gasteiger partial charge in [-0.15, -0.1) is 6.58 Å². The fourth-order valence-electron chi connectivity index (χ4n) is 1.60. The van der Waals surface area contributed by atoms with Crippen molar-refractivity contribution in [1.29, 1.82) is 0 Å². The van der Waals surface area contributed by atoms with Crippen molar-refractivity contribution < 1.29 is 9.53 Å². The van der Waals surface area contributed by atoms with Crippen LogP contribution in [0.4, 0.5) is 0 Å². The summed E-state index contributed by atoms with van der Waals surface area (Å²) in [6.45, 7) is 7.63. The Morgan fingerprint density at radius 1 is 1.44 bits per heavy atom. The van der Waals surface area contributed by atoms with Gasteiger partial charge in [-0.2, -0.15) is 0 Å². The predicted octanol–water partition coefficient (Wildman–Crippen LogP) is 4.29. The summed E-state index contributed by atoms with van der Waals surface area (Å²) in [6, 6.07) is 5.31. The lowest BCUT2D eigenvalue weighted by atomic mass is 9.84. The molecule has 0 aliphatic heterocycles. The van der Waals surface area contributed by atoms with Crippen molar-refractivity contribution >= 4 is 29.2 Å². The van der Waals surface area contributed by atoms with Crippen molar-refractivity contribution in [2.75, 3.05) is 6.61 Å². The number of benzene rings is 1. The monoisotopic (exact) mass is 286 g/mol. The smallest absolute Gasteiger partial charge is 0.315 e. The number of rotatable bonds is 5. The van der Waals surface area contributed by atoms with Crippen LogP contribution in [0.15, 0.2) is 30.9 Å². The summed E-state index contributed by atoms with van der Waals surface area (Å²) in [5.74, 6) is -0.286. The molecule has 0 bridgehead atoms. The molecule has 0 radical (unpaired) electrons. The first-order valence-corrected chi connectivity index (χ1v) is 6.43. The van der Waals surface area contributed by atoms with E-state index in [1.165, 1.54) is 0 Å². The molecule has 0 spiro atoms. The molecule has 0 saturated carbocycles. The molecule has 18 heavy (non-hydrogen) atoms. The van der Waals surface area contributed by atoms with Crippen molar-refractivity contribution in [1.82, 2.24) is 0 Å². The number of esters is 1. The normalized spacial score (nSPS) is 13.8. The maximum absolute atomic E-state index is 11.9. The molecule has 1 unspecified atom stereocenters. The van der Waals surface area contributed by atoms with Gasteiger partial charge >= 0.3 is 5.97 Å². The highest BCUT2D eigenvalue weighted by molar-refractivity contribution is 6.42. The maximum Gasteiger partial charge on any atom is 0.315 e. The average Bonchev–Trinajstić information content (AvgIpc) is 2.34. The van der Waals surface area contributed by atoms with E-state index in [2.05, 4.69) is 6.58 Å². The standard InChI is InChI=1S/C14H16Cl2O2/c1-4-14(3,13(17)18-5-2)9-10-6-7-11(15)12(16)8-10/h4,6-8H,1,5,9H2,2-3H3. The molecule has 98 valence electrons. The summed E-state index contributed by atoms with van der Waals surface area (Å²) in [5, 5.41) is 0.973. The van der Waals surface area contributed by atoms with E-state index in [4.69, 9.17) is 27.9 Å². The van der Waals surface area contributed by atoms with Crippen LogP contribution in [0.3, 0.4) is 0 Å². The van der Waals surface area contributed by atoms with E-state index in [0.29, 0.717) is 23.1 Å². The van der Waals surface area contributed by atoms with E-state index in [-0.39, 0.29) is 5.97 Å². The van der Waals surface area contributed by atoms with Gasteiger partial charge in [0.15, 0.2) is 0 Å². The van der Waals surface area contributed by atoms with E-state index >= 15 is 0 Å². The van der Waals surface area contributed by atoms with Gasteiger partial charge in [0.2, 0.25) is 0 Å². The molecule has 1 aromatic carbocycles. The highest BCUT2D eigenvalue weighted by atomic mass is 35.5. The zero-order valence-electron chi connectivity index (χ0n) is 10.5. The van der Waals surface area contributed by atoms with Crippen molar-refractivity contribution in [2.45, 2.75) is 20.3 Å². The summed E-state index contributed by atoms with van der Waals surface area (Å²) in [6.07, 6.45) is 2.08. The van der Waals surface area contributed by atoms with Gasteiger partial charge < -0.3 is 4.74 Å². The Kier molecular flexibility index (Phi) is 5.24. The number of ether oxygens (including phenoxy) is 1. The lowest BCUT2D eigenvalue weighted by Crippen LogP contribution is -2.30. The molecule has 0 N–H and O–H groups in total. The van der Waals surface area contributed by atoms with Crippen LogP contribution < -0.4 is 0 Å². The van der Waals surface area contributed by atoms with Crippen LogP contribution in [-0.4, -0.2) is 12.6 Å². The van der Waals surface area contributed by atoms with Crippen molar-refractivity contribution in [2.24, 2.45) is 5.41 Å². The number of halogens is 2. The molecule has 0 saturated heterocycles. The van der Waals surface area contributed by atoms with Crippen LogP contribution in [0, 0.1) is 5.41 Å². The van der Waals surface area contributed by atoms with Gasteiger partial charge in [-0.3, -0.25) is 4.79 Å². The third-order valence-corrected chi connectivity index (χ3v) is 3.49. The molecule has 0 aromatic heterocycles. The Labute approximate surface area is 118 Å². The Bertz CT molecular complexity index is 457. The number of carbonyl (C=O) groups excluding carboxylic acids is 1. The van der Waals surface area contributed by atoms with Crippen molar-refractivity contribution in [3.63, 3.8) is 0 Å². The van der Waals surface area contributed by atoms with Crippen LogP contribution in [0.1, 0.15) is 19.4 Å². The minimum Gasteiger partial charge on any atom is -0.465 e. The van der Waals surface area contributed by atoms with Gasteiger partial charge in [0, 0.05) is 0 Å². The molecule has 0 heterocycles. The fraction of sp³-hybridized carbons (Fsp3) is 0.357. The minimum atomic E-state index is -0.757. The van der Waals surface area contributed by atoms with E-state index in [1.807, 2.05) is 6.07 Å². The summed E-state index contributed by atoms with van der Waals surface area (Å²) in [4.78, 5) is 11.9. The Hall–Kier alpha value is -0.990. The largest absolute Gasteiger partial charge is 0.465 e. The lowest BCUT2D eigenvalue weighted by molar-refractivity contribution is -0.151. The Balaban J connectivity index is 2.94. The van der Waals surface area contributed by atoms with Gasteiger partial charge in [-0.05, 0) is 38.0 Å². The summed E-state index contributed by atoms with van der Waals surface area (Å²) in [7, 11) is 0. The van der Waals surface area contributed by atoms with Crippen LogP contribution >= 0.6 is 23.2 Å². The van der Waals surface area contributed by atoms with Gasteiger partial charge in [0.05, 0.1) is 22.1 Å². The third-order valence-electron chi connectivity index (χ3n) is 2.75.